The van der Waals surface area contributed by atoms with Crippen molar-refractivity contribution in [2.24, 2.45) is 0 Å². The van der Waals surface area contributed by atoms with Crippen LogP contribution >= 0.6 is 0 Å². The van der Waals surface area contributed by atoms with Gasteiger partial charge in [-0.3, -0.25) is 4.79 Å². The van der Waals surface area contributed by atoms with Crippen molar-refractivity contribution in [2.45, 2.75) is 161 Å². The summed E-state index contributed by atoms with van der Waals surface area (Å²) in [6, 6.07) is -0.860. The van der Waals surface area contributed by atoms with Crippen LogP contribution in [0.1, 0.15) is 142 Å². The van der Waals surface area contributed by atoms with Gasteiger partial charge in [-0.1, -0.05) is 114 Å². The number of hydrogen-bond acceptors (Lipinski definition) is 4. The van der Waals surface area contributed by atoms with E-state index < -0.39 is 24.9 Å². The number of hydrogen-bond donors (Lipinski definition) is 4. The molecule has 0 saturated carbocycles. The number of nitrogens with one attached hydrogen (secondary N) is 1. The van der Waals surface area contributed by atoms with Crippen molar-refractivity contribution in [1.29, 1.82) is 0 Å². The van der Waals surface area contributed by atoms with Crippen LogP contribution in [0, 0.1) is 0 Å². The van der Waals surface area contributed by atoms with E-state index in [0.717, 1.165) is 38.5 Å². The molecule has 0 saturated heterocycles. The largest absolute Gasteiger partial charge is 0.394 e. The molecule has 3 atom stereocenters. The van der Waals surface area contributed by atoms with E-state index in [9.17, 15) is 20.1 Å². The molecule has 0 aromatic rings. The fraction of sp³-hybridized carbons (Fsp3) is 0.743. The van der Waals surface area contributed by atoms with E-state index in [1.54, 1.807) is 0 Å². The summed E-state index contributed by atoms with van der Waals surface area (Å²) in [5.74, 6) is -0.230. The molecule has 5 nitrogen and oxygen atoms in total. The lowest BCUT2D eigenvalue weighted by atomic mass is 10.0. The first-order chi connectivity index (χ1) is 19.6. The first kappa shape index (κ1) is 38.3. The fourth-order valence-corrected chi connectivity index (χ4v) is 4.52. The van der Waals surface area contributed by atoms with Crippen molar-refractivity contribution in [3.8, 4) is 0 Å². The second-order valence-corrected chi connectivity index (χ2v) is 11.0. The summed E-state index contributed by atoms with van der Waals surface area (Å²) in [5, 5.41) is 33.1. The van der Waals surface area contributed by atoms with Crippen LogP contribution in [0.25, 0.3) is 0 Å². The number of carbonyl (C=O) groups excluding carboxylic acids is 1. The summed E-state index contributed by atoms with van der Waals surface area (Å²) < 4.78 is 0. The zero-order chi connectivity index (χ0) is 29.5. The third kappa shape index (κ3) is 25.3. The van der Waals surface area contributed by atoms with Gasteiger partial charge in [0.25, 0.3) is 0 Å². The highest BCUT2D eigenvalue weighted by atomic mass is 16.3. The monoisotopic (exact) mass is 561 g/mol. The summed E-state index contributed by atoms with van der Waals surface area (Å²) in [6.07, 6.45) is 36.4. The SMILES string of the molecule is CCCCCC/C=C/CC/C=C/CCCC(O)C(O)C(CO)NC(=O)CC/C=C\C/C=C\CCCCCCCC. The number of rotatable bonds is 28. The Kier molecular flexibility index (Phi) is 29.0. The van der Waals surface area contributed by atoms with Gasteiger partial charge in [0.05, 0.1) is 18.8 Å². The zero-order valence-corrected chi connectivity index (χ0v) is 25.9. The third-order valence-corrected chi connectivity index (χ3v) is 7.15. The molecule has 0 aliphatic rings. The number of aliphatic hydroxyl groups is 3. The van der Waals surface area contributed by atoms with Crippen LogP contribution in [-0.4, -0.2) is 46.1 Å². The zero-order valence-electron chi connectivity index (χ0n) is 25.9. The molecule has 1 amide bonds. The van der Waals surface area contributed by atoms with Gasteiger partial charge in [-0.2, -0.15) is 0 Å². The molecule has 40 heavy (non-hydrogen) atoms. The Morgan fingerprint density at radius 2 is 1.10 bits per heavy atom. The van der Waals surface area contributed by atoms with E-state index in [2.05, 4.69) is 61.7 Å². The summed E-state index contributed by atoms with van der Waals surface area (Å²) in [6.45, 7) is 4.06. The van der Waals surface area contributed by atoms with E-state index >= 15 is 0 Å². The molecule has 0 aliphatic heterocycles. The van der Waals surface area contributed by atoms with Crippen molar-refractivity contribution < 1.29 is 20.1 Å². The molecule has 4 N–H and O–H groups in total. The molecule has 0 aliphatic carbocycles. The minimum Gasteiger partial charge on any atom is -0.394 e. The minimum absolute atomic E-state index is 0.230. The highest BCUT2D eigenvalue weighted by molar-refractivity contribution is 5.76. The first-order valence-corrected chi connectivity index (χ1v) is 16.4. The van der Waals surface area contributed by atoms with Crippen LogP contribution in [0.3, 0.4) is 0 Å². The van der Waals surface area contributed by atoms with Gasteiger partial charge in [0.2, 0.25) is 5.91 Å². The summed E-state index contributed by atoms with van der Waals surface area (Å²) in [4.78, 5) is 12.2. The maximum atomic E-state index is 12.2. The molecule has 0 rings (SSSR count). The molecule has 232 valence electrons. The first-order valence-electron chi connectivity index (χ1n) is 16.4. The Balaban J connectivity index is 3.93. The van der Waals surface area contributed by atoms with Gasteiger partial charge in [0.15, 0.2) is 0 Å². The van der Waals surface area contributed by atoms with Crippen molar-refractivity contribution in [3.63, 3.8) is 0 Å². The van der Waals surface area contributed by atoms with Crippen LogP contribution in [-0.2, 0) is 4.79 Å². The minimum atomic E-state index is -1.19. The number of carbonyl (C=O) groups is 1. The smallest absolute Gasteiger partial charge is 0.220 e. The lowest BCUT2D eigenvalue weighted by molar-refractivity contribution is -0.124. The van der Waals surface area contributed by atoms with Crippen LogP contribution in [0.2, 0.25) is 0 Å². The van der Waals surface area contributed by atoms with Crippen LogP contribution in [0.4, 0.5) is 0 Å². The van der Waals surface area contributed by atoms with Gasteiger partial charge in [-0.15, -0.1) is 0 Å². The molecule has 0 aromatic heterocycles. The summed E-state index contributed by atoms with van der Waals surface area (Å²) >= 11 is 0. The molecular weight excluding hydrogens is 498 g/mol. The second kappa shape index (κ2) is 30.3. The molecular formula is C35H63NO4. The fourth-order valence-electron chi connectivity index (χ4n) is 4.52. The number of aliphatic hydroxyl groups excluding tert-OH is 3. The van der Waals surface area contributed by atoms with Gasteiger partial charge in [0, 0.05) is 6.42 Å². The number of unbranched alkanes of at least 4 members (excludes halogenated alkanes) is 12. The van der Waals surface area contributed by atoms with Crippen molar-refractivity contribution in [3.05, 3.63) is 48.6 Å². The lowest BCUT2D eigenvalue weighted by Gasteiger charge is -2.26. The Morgan fingerprint density at radius 1 is 0.625 bits per heavy atom. The highest BCUT2D eigenvalue weighted by Crippen LogP contribution is 2.11. The molecule has 0 heterocycles. The summed E-state index contributed by atoms with van der Waals surface area (Å²) in [7, 11) is 0. The lowest BCUT2D eigenvalue weighted by Crippen LogP contribution is -2.50. The predicted octanol–water partition coefficient (Wildman–Crippen LogP) is 8.25. The van der Waals surface area contributed by atoms with Crippen LogP contribution in [0.15, 0.2) is 48.6 Å². The highest BCUT2D eigenvalue weighted by Gasteiger charge is 2.26. The number of allylic oxidation sites excluding steroid dienone is 8. The van der Waals surface area contributed by atoms with E-state index in [1.807, 2.05) is 6.08 Å². The van der Waals surface area contributed by atoms with E-state index in [4.69, 9.17) is 0 Å². The molecule has 0 radical (unpaired) electrons. The molecule has 3 unspecified atom stereocenters. The molecule has 0 spiro atoms. The summed E-state index contributed by atoms with van der Waals surface area (Å²) in [5.41, 5.74) is 0. The maximum absolute atomic E-state index is 12.2. The van der Waals surface area contributed by atoms with E-state index in [-0.39, 0.29) is 12.3 Å². The molecule has 0 aromatic carbocycles. The maximum Gasteiger partial charge on any atom is 0.220 e. The molecule has 0 fully saturated rings. The Labute approximate surface area is 246 Å². The topological polar surface area (TPSA) is 89.8 Å². The Morgan fingerprint density at radius 3 is 1.70 bits per heavy atom. The molecule has 0 bridgehead atoms. The van der Waals surface area contributed by atoms with Gasteiger partial charge >= 0.3 is 0 Å². The van der Waals surface area contributed by atoms with Crippen LogP contribution < -0.4 is 5.32 Å². The van der Waals surface area contributed by atoms with Gasteiger partial charge in [-0.25, -0.2) is 0 Å². The normalized spacial score (nSPS) is 14.6. The van der Waals surface area contributed by atoms with E-state index in [1.165, 1.54) is 70.6 Å². The average molecular weight is 562 g/mol. The van der Waals surface area contributed by atoms with Crippen molar-refractivity contribution >= 4 is 5.91 Å². The Bertz CT molecular complexity index is 670. The predicted molar refractivity (Wildman–Crippen MR) is 171 cm³/mol. The van der Waals surface area contributed by atoms with E-state index in [0.29, 0.717) is 12.8 Å². The van der Waals surface area contributed by atoms with Gasteiger partial charge < -0.3 is 20.6 Å². The standard InChI is InChI=1S/C35H63NO4/c1-3-5-7-9-11-13-15-17-19-21-23-25-27-29-33(38)35(40)32(31-37)36-34(39)30-28-26-24-22-20-18-16-14-12-10-8-6-4-2/h13,15,18,20-21,23-24,26,32-33,35,37-38,40H,3-12,14,16-17,19,22,25,27-31H2,1-2H3,(H,36,39)/b15-13+,20-18-,23-21+,26-24-. The second-order valence-electron chi connectivity index (χ2n) is 11.0. The quantitative estimate of drug-likeness (QED) is 0.0572. The van der Waals surface area contributed by atoms with Gasteiger partial charge in [0.1, 0.15) is 6.10 Å². The van der Waals surface area contributed by atoms with Gasteiger partial charge in [-0.05, 0) is 70.6 Å². The third-order valence-electron chi connectivity index (χ3n) is 7.15. The number of amides is 1. The Hall–Kier alpha value is -1.69. The van der Waals surface area contributed by atoms with Crippen molar-refractivity contribution in [1.82, 2.24) is 5.32 Å². The van der Waals surface area contributed by atoms with Crippen LogP contribution in [0.5, 0.6) is 0 Å². The average Bonchev–Trinajstić information content (AvgIpc) is 2.96. The van der Waals surface area contributed by atoms with Crippen molar-refractivity contribution in [2.75, 3.05) is 6.61 Å². The molecule has 5 heteroatoms.